The first-order valence-electron chi connectivity index (χ1n) is 9.16. The smallest absolute Gasteiger partial charge is 0.254 e. The van der Waals surface area contributed by atoms with Crippen molar-refractivity contribution in [1.29, 1.82) is 0 Å². The first kappa shape index (κ1) is 16.9. The van der Waals surface area contributed by atoms with Gasteiger partial charge in [0.15, 0.2) is 0 Å². The van der Waals surface area contributed by atoms with Crippen molar-refractivity contribution < 1.29 is 18.0 Å². The van der Waals surface area contributed by atoms with E-state index in [-0.39, 0.29) is 23.8 Å². The summed E-state index contributed by atoms with van der Waals surface area (Å²) in [6, 6.07) is 4.06. The number of nitrogens with zero attached hydrogens (tertiary/aromatic N) is 2. The Kier molecular flexibility index (Phi) is 4.48. The summed E-state index contributed by atoms with van der Waals surface area (Å²) in [4.78, 5) is 16.4. The Bertz CT molecular complexity index is 660. The molecule has 1 saturated carbocycles. The molecule has 0 N–H and O–H groups in total. The largest absolute Gasteiger partial charge is 0.331 e. The zero-order valence-corrected chi connectivity index (χ0v) is 14.1. The molecule has 3 aliphatic rings. The molecule has 0 radical (unpaired) electrons. The van der Waals surface area contributed by atoms with Gasteiger partial charge in [0.1, 0.15) is 18.2 Å². The number of likely N-dealkylation sites (tertiary alicyclic amines) is 1. The first-order chi connectivity index (χ1) is 12.0. The maximum absolute atomic E-state index is 14.2. The van der Waals surface area contributed by atoms with Gasteiger partial charge in [-0.3, -0.25) is 9.69 Å². The molecule has 0 aromatic heterocycles. The van der Waals surface area contributed by atoms with E-state index in [1.165, 1.54) is 12.1 Å². The fourth-order valence-corrected chi connectivity index (χ4v) is 4.60. The highest BCUT2D eigenvalue weighted by atomic mass is 19.2. The number of fused-ring (bicyclic) bond motifs is 1. The molecule has 4 rings (SSSR count). The summed E-state index contributed by atoms with van der Waals surface area (Å²) in [7, 11) is 0. The minimum Gasteiger partial charge on any atom is -0.331 e. The first-order valence-corrected chi connectivity index (χ1v) is 9.16. The van der Waals surface area contributed by atoms with Crippen molar-refractivity contribution in [1.82, 2.24) is 9.80 Å². The molecule has 2 fully saturated rings. The highest BCUT2D eigenvalue weighted by Gasteiger charge is 2.40. The molecule has 3 nitrogen and oxygen atoms in total. The Morgan fingerprint density at radius 3 is 2.56 bits per heavy atom. The summed E-state index contributed by atoms with van der Waals surface area (Å²) < 4.78 is 41.2. The van der Waals surface area contributed by atoms with Gasteiger partial charge in [-0.1, -0.05) is 0 Å². The van der Waals surface area contributed by atoms with E-state index in [2.05, 4.69) is 4.90 Å². The number of carbonyl (C=O) groups is 1. The highest BCUT2D eigenvalue weighted by molar-refractivity contribution is 5.98. The zero-order valence-electron chi connectivity index (χ0n) is 14.1. The lowest BCUT2D eigenvalue weighted by atomic mass is 9.89. The van der Waals surface area contributed by atoms with Gasteiger partial charge in [-0.05, 0) is 55.9 Å². The van der Waals surface area contributed by atoms with Crippen LogP contribution in [0.1, 0.15) is 48.0 Å². The molecular weight excluding hydrogens is 329 g/mol. The van der Waals surface area contributed by atoms with E-state index in [9.17, 15) is 18.0 Å². The minimum absolute atomic E-state index is 0.0432. The van der Waals surface area contributed by atoms with E-state index in [1.807, 2.05) is 4.90 Å². The molecule has 136 valence electrons. The number of piperidine rings is 1. The Hall–Kier alpha value is -1.56. The number of carbonyl (C=O) groups excluding carboxylic acids is 1. The number of benzene rings is 1. The third kappa shape index (κ3) is 3.05. The van der Waals surface area contributed by atoms with E-state index in [1.54, 1.807) is 6.07 Å². The average molecular weight is 352 g/mol. The molecule has 2 heterocycles. The second-order valence-corrected chi connectivity index (χ2v) is 7.46. The quantitative estimate of drug-likeness (QED) is 0.814. The van der Waals surface area contributed by atoms with Crippen LogP contribution in [-0.2, 0) is 6.54 Å². The SMILES string of the molecule is O=C1c2ccc(F)cc2CN1C1CCN(C2CCCC(F)C2F)CC1. The number of halogens is 3. The van der Waals surface area contributed by atoms with Crippen LogP contribution in [0.3, 0.4) is 0 Å². The normalized spacial score (nSPS) is 31.4. The lowest BCUT2D eigenvalue weighted by molar-refractivity contribution is -0.000625. The molecule has 1 aromatic carbocycles. The fraction of sp³-hybridized carbons (Fsp3) is 0.632. The molecule has 2 aliphatic heterocycles. The number of alkyl halides is 2. The van der Waals surface area contributed by atoms with Crippen LogP contribution in [0.15, 0.2) is 18.2 Å². The van der Waals surface area contributed by atoms with Crippen molar-refractivity contribution in [2.24, 2.45) is 0 Å². The van der Waals surface area contributed by atoms with E-state index in [0.29, 0.717) is 38.0 Å². The van der Waals surface area contributed by atoms with Crippen molar-refractivity contribution in [2.45, 2.75) is 63.1 Å². The molecule has 1 amide bonds. The molecule has 3 atom stereocenters. The number of hydrogen-bond acceptors (Lipinski definition) is 2. The standard InChI is InChI=1S/C19H23F3N2O/c20-13-4-5-15-12(10-13)11-24(19(15)25)14-6-8-23(9-7-14)17-3-1-2-16(21)18(17)22/h4-5,10,14,16-18H,1-3,6-9,11H2. The van der Waals surface area contributed by atoms with E-state index in [4.69, 9.17) is 0 Å². The molecule has 1 aromatic rings. The maximum Gasteiger partial charge on any atom is 0.254 e. The van der Waals surface area contributed by atoms with Gasteiger partial charge in [-0.25, -0.2) is 13.2 Å². The van der Waals surface area contributed by atoms with Crippen molar-refractivity contribution in [3.8, 4) is 0 Å². The van der Waals surface area contributed by atoms with Crippen LogP contribution >= 0.6 is 0 Å². The van der Waals surface area contributed by atoms with Gasteiger partial charge in [0.25, 0.3) is 5.91 Å². The van der Waals surface area contributed by atoms with Gasteiger partial charge in [0, 0.05) is 37.3 Å². The third-order valence-corrected chi connectivity index (χ3v) is 6.00. The second-order valence-electron chi connectivity index (χ2n) is 7.46. The van der Waals surface area contributed by atoms with Crippen LogP contribution in [-0.4, -0.2) is 53.2 Å². The highest BCUT2D eigenvalue weighted by Crippen LogP contribution is 2.33. The van der Waals surface area contributed by atoms with E-state index in [0.717, 1.165) is 24.8 Å². The van der Waals surface area contributed by atoms with Crippen molar-refractivity contribution in [3.63, 3.8) is 0 Å². The van der Waals surface area contributed by atoms with Crippen molar-refractivity contribution in [2.75, 3.05) is 13.1 Å². The second kappa shape index (κ2) is 6.63. The molecule has 0 bridgehead atoms. The van der Waals surface area contributed by atoms with Crippen LogP contribution in [0, 0.1) is 5.82 Å². The zero-order chi connectivity index (χ0) is 17.6. The summed E-state index contributed by atoms with van der Waals surface area (Å²) in [6.45, 7) is 1.80. The summed E-state index contributed by atoms with van der Waals surface area (Å²) >= 11 is 0. The molecule has 0 spiro atoms. The van der Waals surface area contributed by atoms with Gasteiger partial charge in [0.2, 0.25) is 0 Å². The summed E-state index contributed by atoms with van der Waals surface area (Å²) in [6.07, 6.45) is 0.528. The molecular formula is C19H23F3N2O. The predicted octanol–water partition coefficient (Wildman–Crippen LogP) is 3.47. The lowest BCUT2D eigenvalue weighted by Crippen LogP contribution is -2.53. The van der Waals surface area contributed by atoms with Crippen molar-refractivity contribution >= 4 is 5.91 Å². The Morgan fingerprint density at radius 2 is 1.80 bits per heavy atom. The monoisotopic (exact) mass is 352 g/mol. The molecule has 6 heteroatoms. The van der Waals surface area contributed by atoms with Gasteiger partial charge in [0.05, 0.1) is 0 Å². The number of hydrogen-bond donors (Lipinski definition) is 0. The van der Waals surface area contributed by atoms with Gasteiger partial charge in [-0.15, -0.1) is 0 Å². The fourth-order valence-electron chi connectivity index (χ4n) is 4.60. The van der Waals surface area contributed by atoms with Gasteiger partial charge < -0.3 is 4.90 Å². The number of rotatable bonds is 2. The van der Waals surface area contributed by atoms with Crippen LogP contribution < -0.4 is 0 Å². The Morgan fingerprint density at radius 1 is 1.04 bits per heavy atom. The Balaban J connectivity index is 1.39. The molecule has 25 heavy (non-hydrogen) atoms. The average Bonchev–Trinajstić information content (AvgIpc) is 2.93. The maximum atomic E-state index is 14.2. The summed E-state index contributed by atoms with van der Waals surface area (Å²) in [5.41, 5.74) is 1.32. The van der Waals surface area contributed by atoms with Gasteiger partial charge >= 0.3 is 0 Å². The molecule has 1 aliphatic carbocycles. The van der Waals surface area contributed by atoms with E-state index < -0.39 is 12.3 Å². The minimum atomic E-state index is -1.40. The Labute approximate surface area is 145 Å². The third-order valence-electron chi connectivity index (χ3n) is 6.00. The van der Waals surface area contributed by atoms with Gasteiger partial charge in [-0.2, -0.15) is 0 Å². The summed E-state index contributed by atoms with van der Waals surface area (Å²) in [5, 5.41) is 0. The molecule has 3 unspecified atom stereocenters. The van der Waals surface area contributed by atoms with Crippen LogP contribution in [0.25, 0.3) is 0 Å². The van der Waals surface area contributed by atoms with Crippen molar-refractivity contribution in [3.05, 3.63) is 35.1 Å². The topological polar surface area (TPSA) is 23.6 Å². The van der Waals surface area contributed by atoms with Crippen LogP contribution in [0.4, 0.5) is 13.2 Å². The number of amides is 1. The van der Waals surface area contributed by atoms with E-state index >= 15 is 0 Å². The lowest BCUT2D eigenvalue weighted by Gasteiger charge is -2.43. The molecule has 1 saturated heterocycles. The summed E-state index contributed by atoms with van der Waals surface area (Å²) in [5.74, 6) is -0.367. The van der Waals surface area contributed by atoms with Crippen LogP contribution in [0.2, 0.25) is 0 Å². The van der Waals surface area contributed by atoms with Crippen LogP contribution in [0.5, 0.6) is 0 Å². The predicted molar refractivity (Wildman–Crippen MR) is 88.3 cm³/mol.